The van der Waals surface area contributed by atoms with Crippen LogP contribution in [0.3, 0.4) is 0 Å². The van der Waals surface area contributed by atoms with Gasteiger partial charge in [0, 0.05) is 10.5 Å². The van der Waals surface area contributed by atoms with Crippen molar-refractivity contribution in [3.05, 3.63) is 35.9 Å². The Morgan fingerprint density at radius 2 is 1.53 bits per heavy atom. The summed E-state index contributed by atoms with van der Waals surface area (Å²) in [6.45, 7) is 2.48. The fourth-order valence-corrected chi connectivity index (χ4v) is 3.91. The molecule has 1 aromatic carbocycles. The van der Waals surface area contributed by atoms with Crippen LogP contribution in [0.15, 0.2) is 30.3 Å². The summed E-state index contributed by atoms with van der Waals surface area (Å²) in [5, 5.41) is 0. The normalized spacial score (nSPS) is 20.5. The second-order valence-corrected chi connectivity index (χ2v) is 7.05. The largest absolute Gasteiger partial charge is 0.151 e. The molecule has 1 aliphatic rings. The second kappa shape index (κ2) is 6.49. The highest BCUT2D eigenvalue weighted by Gasteiger charge is 2.24. The molecule has 2 rings (SSSR count). The summed E-state index contributed by atoms with van der Waals surface area (Å²) in [6, 6.07) is 10.9. The summed E-state index contributed by atoms with van der Waals surface area (Å²) < 4.78 is 0.524. The fraction of sp³-hybridized carbons (Fsp3) is 0.625. The Labute approximate surface area is 110 Å². The molecule has 0 atom stereocenters. The zero-order valence-corrected chi connectivity index (χ0v) is 11.8. The van der Waals surface area contributed by atoms with Crippen molar-refractivity contribution in [2.24, 2.45) is 0 Å². The number of hydrogen-bond acceptors (Lipinski definition) is 1. The van der Waals surface area contributed by atoms with Crippen LogP contribution in [-0.2, 0) is 5.75 Å². The quantitative estimate of drug-likeness (QED) is 0.688. The van der Waals surface area contributed by atoms with Gasteiger partial charge in [0.25, 0.3) is 0 Å². The molecule has 0 amide bonds. The molecule has 1 heteroatoms. The minimum absolute atomic E-state index is 0.524. The highest BCUT2D eigenvalue weighted by molar-refractivity contribution is 7.99. The van der Waals surface area contributed by atoms with Crippen LogP contribution in [-0.4, -0.2) is 4.75 Å². The van der Waals surface area contributed by atoms with Crippen molar-refractivity contribution < 1.29 is 0 Å². The Kier molecular flexibility index (Phi) is 4.97. The molecule has 0 spiro atoms. The minimum atomic E-state index is 0.524. The van der Waals surface area contributed by atoms with Gasteiger partial charge in [-0.05, 0) is 18.4 Å². The molecule has 0 bridgehead atoms. The number of thioether (sulfide) groups is 1. The van der Waals surface area contributed by atoms with E-state index in [9.17, 15) is 0 Å². The van der Waals surface area contributed by atoms with E-state index < -0.39 is 0 Å². The first-order valence-electron chi connectivity index (χ1n) is 6.96. The number of hydrogen-bond donors (Lipinski definition) is 0. The maximum absolute atomic E-state index is 2.48. The van der Waals surface area contributed by atoms with Crippen molar-refractivity contribution in [2.45, 2.75) is 62.4 Å². The van der Waals surface area contributed by atoms with Gasteiger partial charge in [-0.15, -0.1) is 0 Å². The maximum atomic E-state index is 2.48. The lowest BCUT2D eigenvalue weighted by Gasteiger charge is -2.31. The molecular weight excluding hydrogens is 224 g/mol. The first kappa shape index (κ1) is 13.0. The lowest BCUT2D eigenvalue weighted by atomic mass is 9.92. The average molecular weight is 248 g/mol. The zero-order valence-electron chi connectivity index (χ0n) is 11.0. The summed E-state index contributed by atoms with van der Waals surface area (Å²) >= 11 is 2.18. The van der Waals surface area contributed by atoms with Crippen LogP contribution >= 0.6 is 11.8 Å². The Balaban J connectivity index is 1.87. The van der Waals surface area contributed by atoms with Gasteiger partial charge in [-0.1, -0.05) is 69.4 Å². The van der Waals surface area contributed by atoms with E-state index in [1.165, 1.54) is 56.3 Å². The molecule has 1 saturated carbocycles. The molecule has 1 fully saturated rings. The Morgan fingerprint density at radius 3 is 2.18 bits per heavy atom. The highest BCUT2D eigenvalue weighted by atomic mass is 32.2. The zero-order chi connectivity index (χ0) is 12.0. The summed E-state index contributed by atoms with van der Waals surface area (Å²) in [7, 11) is 0. The SMILES string of the molecule is CC1(SCc2ccccc2)CCCCCCC1. The lowest BCUT2D eigenvalue weighted by Crippen LogP contribution is -2.21. The van der Waals surface area contributed by atoms with Crippen LogP contribution < -0.4 is 0 Å². The van der Waals surface area contributed by atoms with Gasteiger partial charge in [0.1, 0.15) is 0 Å². The third-order valence-corrected chi connectivity index (χ3v) is 5.42. The Bertz CT molecular complexity index is 310. The highest BCUT2D eigenvalue weighted by Crippen LogP contribution is 2.39. The smallest absolute Gasteiger partial charge is 0.0190 e. The standard InChI is InChI=1S/C16H24S/c1-16(12-8-3-2-4-9-13-16)17-14-15-10-6-5-7-11-15/h5-7,10-11H,2-4,8-9,12-14H2,1H3. The van der Waals surface area contributed by atoms with E-state index in [2.05, 4.69) is 49.0 Å². The summed E-state index contributed by atoms with van der Waals surface area (Å²) in [5.74, 6) is 1.18. The topological polar surface area (TPSA) is 0 Å². The van der Waals surface area contributed by atoms with E-state index in [0.29, 0.717) is 4.75 Å². The van der Waals surface area contributed by atoms with Gasteiger partial charge in [-0.2, -0.15) is 11.8 Å². The second-order valence-electron chi connectivity index (χ2n) is 5.49. The van der Waals surface area contributed by atoms with Gasteiger partial charge in [0.15, 0.2) is 0 Å². The van der Waals surface area contributed by atoms with Gasteiger partial charge in [-0.25, -0.2) is 0 Å². The van der Waals surface area contributed by atoms with Crippen molar-refractivity contribution in [1.82, 2.24) is 0 Å². The van der Waals surface area contributed by atoms with Crippen molar-refractivity contribution in [2.75, 3.05) is 0 Å². The molecule has 0 heterocycles. The molecule has 94 valence electrons. The van der Waals surface area contributed by atoms with E-state index in [1.807, 2.05) is 0 Å². The van der Waals surface area contributed by atoms with E-state index in [-0.39, 0.29) is 0 Å². The predicted octanol–water partition coefficient (Wildman–Crippen LogP) is 5.42. The third kappa shape index (κ3) is 4.39. The molecule has 0 saturated heterocycles. The predicted molar refractivity (Wildman–Crippen MR) is 78.5 cm³/mol. The van der Waals surface area contributed by atoms with Crippen molar-refractivity contribution in [3.63, 3.8) is 0 Å². The first-order chi connectivity index (χ1) is 8.29. The minimum Gasteiger partial charge on any atom is -0.151 e. The molecule has 1 aromatic rings. The van der Waals surface area contributed by atoms with Gasteiger partial charge in [0.2, 0.25) is 0 Å². The maximum Gasteiger partial charge on any atom is 0.0190 e. The van der Waals surface area contributed by atoms with Gasteiger partial charge >= 0.3 is 0 Å². The van der Waals surface area contributed by atoms with Crippen molar-refractivity contribution >= 4 is 11.8 Å². The van der Waals surface area contributed by atoms with Crippen LogP contribution in [0, 0.1) is 0 Å². The van der Waals surface area contributed by atoms with Gasteiger partial charge in [-0.3, -0.25) is 0 Å². The molecule has 0 unspecified atom stereocenters. The molecule has 17 heavy (non-hydrogen) atoms. The van der Waals surface area contributed by atoms with Crippen LogP contribution in [0.2, 0.25) is 0 Å². The summed E-state index contributed by atoms with van der Waals surface area (Å²) in [6.07, 6.45) is 10.0. The molecule has 0 aromatic heterocycles. The Hall–Kier alpha value is -0.430. The van der Waals surface area contributed by atoms with Gasteiger partial charge in [0.05, 0.1) is 0 Å². The molecule has 0 nitrogen and oxygen atoms in total. The van der Waals surface area contributed by atoms with Crippen LogP contribution in [0.1, 0.15) is 57.4 Å². The summed E-state index contributed by atoms with van der Waals surface area (Å²) in [4.78, 5) is 0. The Morgan fingerprint density at radius 1 is 0.941 bits per heavy atom. The summed E-state index contributed by atoms with van der Waals surface area (Å²) in [5.41, 5.74) is 1.47. The fourth-order valence-electron chi connectivity index (χ4n) is 2.63. The van der Waals surface area contributed by atoms with E-state index >= 15 is 0 Å². The van der Waals surface area contributed by atoms with Crippen molar-refractivity contribution in [3.8, 4) is 0 Å². The van der Waals surface area contributed by atoms with E-state index in [0.717, 1.165) is 0 Å². The van der Waals surface area contributed by atoms with Gasteiger partial charge < -0.3 is 0 Å². The van der Waals surface area contributed by atoms with E-state index in [1.54, 1.807) is 0 Å². The monoisotopic (exact) mass is 248 g/mol. The van der Waals surface area contributed by atoms with Crippen LogP contribution in [0.25, 0.3) is 0 Å². The average Bonchev–Trinajstić information content (AvgIpc) is 2.34. The third-order valence-electron chi connectivity index (χ3n) is 3.84. The first-order valence-corrected chi connectivity index (χ1v) is 7.95. The molecule has 0 N–H and O–H groups in total. The molecular formula is C16H24S. The number of rotatable bonds is 3. The molecule has 0 aliphatic heterocycles. The van der Waals surface area contributed by atoms with E-state index in [4.69, 9.17) is 0 Å². The lowest BCUT2D eigenvalue weighted by molar-refractivity contribution is 0.436. The number of benzene rings is 1. The molecule has 0 radical (unpaired) electrons. The van der Waals surface area contributed by atoms with Crippen LogP contribution in [0.5, 0.6) is 0 Å². The van der Waals surface area contributed by atoms with Crippen LogP contribution in [0.4, 0.5) is 0 Å². The molecule has 1 aliphatic carbocycles. The van der Waals surface area contributed by atoms with Crippen molar-refractivity contribution in [1.29, 1.82) is 0 Å².